The maximum Gasteiger partial charge on any atom is 0.209 e. The van der Waals surface area contributed by atoms with E-state index in [0.717, 1.165) is 22.0 Å². The number of aromatic nitrogens is 3. The molecular weight excluding hydrogens is 370 g/mol. The number of aliphatic hydroxyl groups excluding tert-OH is 1. The number of carbonyl (C=O) groups is 1. The minimum atomic E-state index is -0.716. The number of fused-ring (bicyclic) bond motifs is 2. The van der Waals surface area contributed by atoms with Gasteiger partial charge in [-0.1, -0.05) is 24.3 Å². The Hall–Kier alpha value is -3.58. The van der Waals surface area contributed by atoms with Crippen LogP contribution < -0.4 is 9.47 Å². The van der Waals surface area contributed by atoms with Crippen LogP contribution in [0.1, 0.15) is 10.4 Å². The molecule has 0 spiro atoms. The average Bonchev–Trinajstić information content (AvgIpc) is 3.42. The zero-order valence-electron chi connectivity index (χ0n) is 15.5. The van der Waals surface area contributed by atoms with Crippen molar-refractivity contribution in [1.82, 2.24) is 14.8 Å². The summed E-state index contributed by atoms with van der Waals surface area (Å²) < 4.78 is 13.5. The van der Waals surface area contributed by atoms with E-state index in [0.29, 0.717) is 23.6 Å². The number of para-hydroxylation sites is 2. The predicted molar refractivity (Wildman–Crippen MR) is 107 cm³/mol. The van der Waals surface area contributed by atoms with Gasteiger partial charge in [0.2, 0.25) is 5.78 Å². The lowest BCUT2D eigenvalue weighted by atomic mass is 10.0. The van der Waals surface area contributed by atoms with Crippen LogP contribution in [0.25, 0.3) is 22.0 Å². The number of carbonyl (C=O) groups excluding carboxylic acids is 1. The van der Waals surface area contributed by atoms with Crippen molar-refractivity contribution in [3.63, 3.8) is 0 Å². The molecule has 1 aliphatic rings. The molecule has 1 atom stereocenters. The first-order valence-electron chi connectivity index (χ1n) is 9.40. The lowest BCUT2D eigenvalue weighted by Crippen LogP contribution is -2.36. The van der Waals surface area contributed by atoms with Crippen LogP contribution in [-0.2, 0) is 6.54 Å². The third-order valence-corrected chi connectivity index (χ3v) is 5.12. The number of nitrogens with one attached hydrogen (secondary N) is 1. The number of aromatic amines is 1. The van der Waals surface area contributed by atoms with Crippen LogP contribution in [0, 0.1) is 0 Å². The van der Waals surface area contributed by atoms with Gasteiger partial charge in [0.1, 0.15) is 6.61 Å². The highest BCUT2D eigenvalue weighted by Crippen LogP contribution is 2.33. The van der Waals surface area contributed by atoms with E-state index >= 15 is 0 Å². The fourth-order valence-corrected chi connectivity index (χ4v) is 3.69. The molecule has 2 aromatic heterocycles. The standard InChI is InChI=1S/C22H19N3O4/c26-8-7-25-12-17(16-6-5-14(9-18(16)25)15-10-23-24-11-15)22(27)21-13-28-19-3-1-2-4-20(19)29-21/h1-6,9-12,21,26H,7-8,13H2,(H,23,24). The van der Waals surface area contributed by atoms with Crippen LogP contribution in [0.2, 0.25) is 0 Å². The maximum absolute atomic E-state index is 13.3. The molecule has 7 heteroatoms. The van der Waals surface area contributed by atoms with Gasteiger partial charge in [0, 0.05) is 41.0 Å². The molecule has 146 valence electrons. The van der Waals surface area contributed by atoms with E-state index in [9.17, 15) is 9.90 Å². The zero-order chi connectivity index (χ0) is 19.8. The van der Waals surface area contributed by atoms with Crippen molar-refractivity contribution in [2.75, 3.05) is 13.2 Å². The third-order valence-electron chi connectivity index (χ3n) is 5.12. The summed E-state index contributed by atoms with van der Waals surface area (Å²) in [4.78, 5) is 13.3. The highest BCUT2D eigenvalue weighted by Gasteiger charge is 2.30. The Morgan fingerprint density at radius 2 is 2.07 bits per heavy atom. The summed E-state index contributed by atoms with van der Waals surface area (Å²) in [6, 6.07) is 13.2. The smallest absolute Gasteiger partial charge is 0.209 e. The van der Waals surface area contributed by atoms with Gasteiger partial charge < -0.3 is 19.1 Å². The fourth-order valence-electron chi connectivity index (χ4n) is 3.69. The van der Waals surface area contributed by atoms with E-state index < -0.39 is 6.10 Å². The third kappa shape index (κ3) is 3.05. The number of H-pyrrole nitrogens is 1. The number of hydrogen-bond acceptors (Lipinski definition) is 5. The SMILES string of the molecule is O=C(c1cn(CCO)c2cc(-c3cn[nH]c3)ccc12)C1COc2ccccc2O1. The number of ketones is 1. The molecule has 1 aliphatic heterocycles. The largest absolute Gasteiger partial charge is 0.485 e. The molecule has 2 aromatic carbocycles. The van der Waals surface area contributed by atoms with Crippen molar-refractivity contribution in [1.29, 1.82) is 0 Å². The van der Waals surface area contributed by atoms with E-state index in [2.05, 4.69) is 10.2 Å². The van der Waals surface area contributed by atoms with E-state index in [-0.39, 0.29) is 19.0 Å². The van der Waals surface area contributed by atoms with Crippen molar-refractivity contribution >= 4 is 16.7 Å². The molecule has 0 amide bonds. The molecule has 0 radical (unpaired) electrons. The summed E-state index contributed by atoms with van der Waals surface area (Å²) in [7, 11) is 0. The summed E-state index contributed by atoms with van der Waals surface area (Å²) in [5.41, 5.74) is 3.37. The minimum Gasteiger partial charge on any atom is -0.485 e. The Labute approximate surface area is 166 Å². The lowest BCUT2D eigenvalue weighted by Gasteiger charge is -2.25. The van der Waals surface area contributed by atoms with Crippen LogP contribution in [0.3, 0.4) is 0 Å². The quantitative estimate of drug-likeness (QED) is 0.512. The molecule has 2 N–H and O–H groups in total. The molecular formula is C22H19N3O4. The summed E-state index contributed by atoms with van der Waals surface area (Å²) in [6.07, 6.45) is 4.63. The Morgan fingerprint density at radius 3 is 2.86 bits per heavy atom. The first kappa shape index (κ1) is 17.5. The van der Waals surface area contributed by atoms with E-state index in [1.165, 1.54) is 0 Å². The highest BCUT2D eigenvalue weighted by molar-refractivity contribution is 6.11. The summed E-state index contributed by atoms with van der Waals surface area (Å²) in [5, 5.41) is 17.1. The fraction of sp³-hybridized carbons (Fsp3) is 0.182. The van der Waals surface area contributed by atoms with Gasteiger partial charge in [0.25, 0.3) is 0 Å². The van der Waals surface area contributed by atoms with Crippen LogP contribution in [0.15, 0.2) is 61.1 Å². The van der Waals surface area contributed by atoms with Gasteiger partial charge in [-0.15, -0.1) is 0 Å². The Morgan fingerprint density at radius 1 is 1.21 bits per heavy atom. The van der Waals surface area contributed by atoms with Gasteiger partial charge in [-0.2, -0.15) is 5.10 Å². The zero-order valence-corrected chi connectivity index (χ0v) is 15.5. The monoisotopic (exact) mass is 389 g/mol. The molecule has 5 rings (SSSR count). The normalized spacial score (nSPS) is 15.6. The van der Waals surface area contributed by atoms with Crippen molar-refractivity contribution in [3.8, 4) is 22.6 Å². The molecule has 0 fully saturated rings. The number of Topliss-reactive ketones (excluding diaryl/α,β-unsaturated/α-hetero) is 1. The van der Waals surface area contributed by atoms with Crippen LogP contribution in [-0.4, -0.2) is 45.0 Å². The average molecular weight is 389 g/mol. The molecule has 7 nitrogen and oxygen atoms in total. The molecule has 1 unspecified atom stereocenters. The number of aliphatic hydroxyl groups is 1. The number of hydrogen-bond donors (Lipinski definition) is 2. The van der Waals surface area contributed by atoms with Crippen LogP contribution in [0.5, 0.6) is 11.5 Å². The maximum atomic E-state index is 13.3. The molecule has 4 aromatic rings. The molecule has 29 heavy (non-hydrogen) atoms. The summed E-state index contributed by atoms with van der Waals surface area (Å²) in [6.45, 7) is 0.531. The number of nitrogens with zero attached hydrogens (tertiary/aromatic N) is 2. The Balaban J connectivity index is 1.53. The van der Waals surface area contributed by atoms with Crippen molar-refractivity contribution in [3.05, 3.63) is 66.6 Å². The topological polar surface area (TPSA) is 89.4 Å². The second-order valence-electron chi connectivity index (χ2n) is 6.91. The van der Waals surface area contributed by atoms with Crippen molar-refractivity contribution < 1.29 is 19.4 Å². The number of benzene rings is 2. The predicted octanol–water partition coefficient (Wildman–Crippen LogP) is 3.05. The first-order chi connectivity index (χ1) is 14.2. The van der Waals surface area contributed by atoms with Gasteiger partial charge >= 0.3 is 0 Å². The second-order valence-corrected chi connectivity index (χ2v) is 6.91. The number of ether oxygens (including phenoxy) is 2. The van der Waals surface area contributed by atoms with Crippen LogP contribution >= 0.6 is 0 Å². The molecule has 0 aliphatic carbocycles. The van der Waals surface area contributed by atoms with Gasteiger partial charge in [-0.05, 0) is 23.8 Å². The van der Waals surface area contributed by atoms with E-state index in [1.807, 2.05) is 47.2 Å². The molecule has 3 heterocycles. The number of rotatable bonds is 5. The van der Waals surface area contributed by atoms with Crippen LogP contribution in [0.4, 0.5) is 0 Å². The summed E-state index contributed by atoms with van der Waals surface area (Å²) in [5.74, 6) is 1.07. The molecule has 0 saturated heterocycles. The highest BCUT2D eigenvalue weighted by atomic mass is 16.6. The first-order valence-corrected chi connectivity index (χ1v) is 9.40. The van der Waals surface area contributed by atoms with E-state index in [1.54, 1.807) is 18.5 Å². The van der Waals surface area contributed by atoms with Gasteiger partial charge in [-0.25, -0.2) is 0 Å². The summed E-state index contributed by atoms with van der Waals surface area (Å²) >= 11 is 0. The van der Waals surface area contributed by atoms with Crippen molar-refractivity contribution in [2.45, 2.75) is 12.6 Å². The molecule has 0 saturated carbocycles. The van der Waals surface area contributed by atoms with Gasteiger partial charge in [0.05, 0.1) is 12.8 Å². The second kappa shape index (κ2) is 7.10. The minimum absolute atomic E-state index is 0.0240. The Bertz CT molecular complexity index is 1180. The molecule has 0 bridgehead atoms. The van der Waals surface area contributed by atoms with Gasteiger partial charge in [-0.3, -0.25) is 9.89 Å². The van der Waals surface area contributed by atoms with Gasteiger partial charge in [0.15, 0.2) is 17.6 Å². The Kier molecular flexibility index (Phi) is 4.29. The van der Waals surface area contributed by atoms with E-state index in [4.69, 9.17) is 9.47 Å². The van der Waals surface area contributed by atoms with Crippen molar-refractivity contribution in [2.24, 2.45) is 0 Å². The lowest BCUT2D eigenvalue weighted by molar-refractivity contribution is 0.0587.